The first-order chi connectivity index (χ1) is 13.8. The van der Waals surface area contributed by atoms with E-state index in [9.17, 15) is 9.59 Å². The minimum absolute atomic E-state index is 0.219. The predicted molar refractivity (Wildman–Crippen MR) is 124 cm³/mol. The summed E-state index contributed by atoms with van der Waals surface area (Å²) in [6.07, 6.45) is 2.77. The Kier molecular flexibility index (Phi) is 5.29. The number of hydrogen-bond donors (Lipinski definition) is 0. The molecule has 2 heterocycles. The fraction of sp³-hybridized carbons (Fsp3) is 0.0952. The Hall–Kier alpha value is -2.12. The van der Waals surface area contributed by atoms with Gasteiger partial charge in [-0.25, -0.2) is 0 Å². The average Bonchev–Trinajstić information content (AvgIpc) is 2.92. The van der Waals surface area contributed by atoms with Crippen LogP contribution < -0.4 is 10.3 Å². The Morgan fingerprint density at radius 1 is 1.14 bits per heavy atom. The highest BCUT2D eigenvalue weighted by Gasteiger charge is 2.34. The lowest BCUT2D eigenvalue weighted by Gasteiger charge is -2.17. The Morgan fingerprint density at radius 2 is 1.90 bits per heavy atom. The molecule has 0 saturated carbocycles. The topological polar surface area (TPSA) is 50.5 Å². The summed E-state index contributed by atoms with van der Waals surface area (Å²) in [5.74, 6) is -0.282. The third-order valence-electron chi connectivity index (χ3n) is 4.49. The zero-order valence-electron chi connectivity index (χ0n) is 15.3. The van der Waals surface area contributed by atoms with Gasteiger partial charge in [-0.1, -0.05) is 64.9 Å². The van der Waals surface area contributed by atoms with Crippen molar-refractivity contribution in [2.24, 2.45) is 0 Å². The fourth-order valence-corrected chi connectivity index (χ4v) is 4.97. The molecular formula is C21H13Cl2NO3S2. The molecule has 1 saturated heterocycles. The molecule has 1 amide bonds. The van der Waals surface area contributed by atoms with Crippen LogP contribution in [0.4, 0.5) is 5.69 Å². The molecule has 0 bridgehead atoms. The molecule has 0 aliphatic carbocycles. The summed E-state index contributed by atoms with van der Waals surface area (Å²) in [4.78, 5) is 27.7. The number of halogens is 2. The molecule has 0 spiro atoms. The number of aryl methyl sites for hydroxylation is 2. The zero-order valence-corrected chi connectivity index (χ0v) is 18.4. The molecule has 4 rings (SSSR count). The molecule has 3 aromatic rings. The molecule has 0 N–H and O–H groups in total. The molecule has 1 aromatic heterocycles. The zero-order chi connectivity index (χ0) is 20.9. The first kappa shape index (κ1) is 20.2. The summed E-state index contributed by atoms with van der Waals surface area (Å²) in [6, 6.07) is 8.78. The Balaban J connectivity index is 1.78. The quantitative estimate of drug-likeness (QED) is 0.339. The number of rotatable bonds is 2. The maximum atomic E-state index is 13.0. The van der Waals surface area contributed by atoms with Crippen LogP contribution in [-0.4, -0.2) is 10.2 Å². The third kappa shape index (κ3) is 3.62. The van der Waals surface area contributed by atoms with Crippen LogP contribution in [0.25, 0.3) is 17.0 Å². The Bertz CT molecular complexity index is 1300. The standard InChI is InChI=1S/C21H13Cl2NO3S2/c1-10-3-4-16(11(2)5-10)24-20(26)17(29-21(24)28)6-12-9-27-19-14(18(12)25)7-13(22)8-15(19)23/h3-9H,1-2H3/b17-6+. The number of benzene rings is 2. The summed E-state index contributed by atoms with van der Waals surface area (Å²) in [7, 11) is 0. The first-order valence-electron chi connectivity index (χ1n) is 8.52. The Morgan fingerprint density at radius 3 is 2.62 bits per heavy atom. The van der Waals surface area contributed by atoms with E-state index >= 15 is 0 Å². The summed E-state index contributed by atoms with van der Waals surface area (Å²) in [5, 5.41) is 0.826. The van der Waals surface area contributed by atoms with E-state index in [1.807, 2.05) is 32.0 Å². The number of anilines is 1. The van der Waals surface area contributed by atoms with E-state index in [-0.39, 0.29) is 32.9 Å². The number of fused-ring (bicyclic) bond motifs is 1. The molecule has 29 heavy (non-hydrogen) atoms. The highest BCUT2D eigenvalue weighted by Crippen LogP contribution is 2.37. The van der Waals surface area contributed by atoms with Crippen molar-refractivity contribution in [2.45, 2.75) is 13.8 Å². The van der Waals surface area contributed by atoms with E-state index in [0.29, 0.717) is 14.2 Å². The van der Waals surface area contributed by atoms with E-state index < -0.39 is 0 Å². The number of carbonyl (C=O) groups is 1. The largest absolute Gasteiger partial charge is 0.462 e. The number of thioether (sulfide) groups is 1. The number of amides is 1. The van der Waals surface area contributed by atoms with Gasteiger partial charge in [0, 0.05) is 5.02 Å². The predicted octanol–water partition coefficient (Wildman–Crippen LogP) is 6.12. The van der Waals surface area contributed by atoms with Gasteiger partial charge in [0.15, 0.2) is 15.3 Å². The summed E-state index contributed by atoms with van der Waals surface area (Å²) >= 11 is 18.7. The summed E-state index contributed by atoms with van der Waals surface area (Å²) < 4.78 is 5.93. The van der Waals surface area contributed by atoms with Gasteiger partial charge in [-0.15, -0.1) is 0 Å². The van der Waals surface area contributed by atoms with E-state index in [1.54, 1.807) is 0 Å². The van der Waals surface area contributed by atoms with Crippen molar-refractivity contribution in [1.82, 2.24) is 0 Å². The first-order valence-corrected chi connectivity index (χ1v) is 10.5. The Labute approximate surface area is 186 Å². The van der Waals surface area contributed by atoms with E-state index in [2.05, 4.69) is 0 Å². The van der Waals surface area contributed by atoms with Crippen molar-refractivity contribution >= 4 is 80.1 Å². The van der Waals surface area contributed by atoms with Crippen LogP contribution in [-0.2, 0) is 4.79 Å². The highest BCUT2D eigenvalue weighted by molar-refractivity contribution is 8.27. The van der Waals surface area contributed by atoms with Gasteiger partial charge in [0.2, 0.25) is 0 Å². The second-order valence-corrected chi connectivity index (χ2v) is 9.11. The third-order valence-corrected chi connectivity index (χ3v) is 6.29. The van der Waals surface area contributed by atoms with Crippen molar-refractivity contribution in [3.63, 3.8) is 0 Å². The molecule has 2 aromatic carbocycles. The lowest BCUT2D eigenvalue weighted by Crippen LogP contribution is -2.28. The van der Waals surface area contributed by atoms with Crippen molar-refractivity contribution in [3.8, 4) is 0 Å². The van der Waals surface area contributed by atoms with Crippen LogP contribution in [0, 0.1) is 13.8 Å². The van der Waals surface area contributed by atoms with Crippen LogP contribution in [0.15, 0.2) is 50.7 Å². The van der Waals surface area contributed by atoms with Gasteiger partial charge in [0.25, 0.3) is 5.91 Å². The van der Waals surface area contributed by atoms with Gasteiger partial charge < -0.3 is 4.42 Å². The van der Waals surface area contributed by atoms with Gasteiger partial charge in [-0.2, -0.15) is 0 Å². The second kappa shape index (κ2) is 7.61. The van der Waals surface area contributed by atoms with Gasteiger partial charge in [0.1, 0.15) is 6.26 Å². The number of carbonyl (C=O) groups excluding carboxylic acids is 1. The van der Waals surface area contributed by atoms with Crippen LogP contribution in [0.2, 0.25) is 10.0 Å². The number of thiocarbonyl (C=S) groups is 1. The van der Waals surface area contributed by atoms with Crippen LogP contribution in [0.5, 0.6) is 0 Å². The molecule has 1 aliphatic heterocycles. The van der Waals surface area contributed by atoms with Gasteiger partial charge in [-0.05, 0) is 43.7 Å². The fourth-order valence-electron chi connectivity index (χ4n) is 3.15. The molecule has 1 aliphatic rings. The van der Waals surface area contributed by atoms with Crippen molar-refractivity contribution < 1.29 is 9.21 Å². The maximum Gasteiger partial charge on any atom is 0.270 e. The number of nitrogens with zero attached hydrogens (tertiary/aromatic N) is 1. The molecule has 8 heteroatoms. The molecule has 146 valence electrons. The maximum absolute atomic E-state index is 13.0. The van der Waals surface area contributed by atoms with Gasteiger partial charge in [-0.3, -0.25) is 14.5 Å². The van der Waals surface area contributed by atoms with Crippen molar-refractivity contribution in [1.29, 1.82) is 0 Å². The summed E-state index contributed by atoms with van der Waals surface area (Å²) in [6.45, 7) is 3.91. The smallest absolute Gasteiger partial charge is 0.270 e. The van der Waals surface area contributed by atoms with Gasteiger partial charge in [0.05, 0.1) is 26.6 Å². The molecule has 0 radical (unpaired) electrons. The molecule has 0 unspecified atom stereocenters. The van der Waals surface area contributed by atoms with E-state index in [0.717, 1.165) is 28.6 Å². The minimum Gasteiger partial charge on any atom is -0.462 e. The average molecular weight is 462 g/mol. The van der Waals surface area contributed by atoms with E-state index in [4.69, 9.17) is 39.8 Å². The van der Waals surface area contributed by atoms with Gasteiger partial charge >= 0.3 is 0 Å². The normalized spacial score (nSPS) is 15.7. The second-order valence-electron chi connectivity index (χ2n) is 6.59. The molecule has 0 atom stereocenters. The minimum atomic E-state index is -0.326. The molecule has 1 fully saturated rings. The summed E-state index contributed by atoms with van der Waals surface area (Å²) in [5.41, 5.74) is 2.91. The monoisotopic (exact) mass is 461 g/mol. The van der Waals surface area contributed by atoms with Crippen LogP contribution >= 0.6 is 47.2 Å². The van der Waals surface area contributed by atoms with Crippen molar-refractivity contribution in [3.05, 3.63) is 78.5 Å². The van der Waals surface area contributed by atoms with Crippen molar-refractivity contribution in [2.75, 3.05) is 4.90 Å². The SMILES string of the molecule is Cc1ccc(N2C(=O)/C(=C\c3coc4c(Cl)cc(Cl)cc4c3=O)SC2=S)c(C)c1. The molecular weight excluding hydrogens is 449 g/mol. The van der Waals surface area contributed by atoms with Crippen LogP contribution in [0.1, 0.15) is 16.7 Å². The highest BCUT2D eigenvalue weighted by atomic mass is 35.5. The lowest BCUT2D eigenvalue weighted by molar-refractivity contribution is -0.113. The lowest BCUT2D eigenvalue weighted by atomic mass is 10.1. The molecule has 4 nitrogen and oxygen atoms in total. The number of hydrogen-bond acceptors (Lipinski definition) is 5. The van der Waals surface area contributed by atoms with Crippen LogP contribution in [0.3, 0.4) is 0 Å². The van der Waals surface area contributed by atoms with E-state index in [1.165, 1.54) is 29.4 Å².